The first-order chi connectivity index (χ1) is 8.96. The zero-order chi connectivity index (χ0) is 14.0. The Morgan fingerprint density at radius 3 is 2.63 bits per heavy atom. The van der Waals surface area contributed by atoms with Crippen LogP contribution in [0.5, 0.6) is 0 Å². The van der Waals surface area contributed by atoms with Crippen molar-refractivity contribution in [1.29, 1.82) is 0 Å². The number of carboxylic acids is 1. The van der Waals surface area contributed by atoms with Crippen molar-refractivity contribution in [2.24, 2.45) is 5.92 Å². The molecule has 1 saturated heterocycles. The van der Waals surface area contributed by atoms with Gasteiger partial charge in [0.05, 0.1) is 6.20 Å². The average molecular weight is 289 g/mol. The molecule has 106 valence electrons. The molecule has 0 radical (unpaired) electrons. The number of aliphatic hydroxyl groups is 1. The number of carboxylic acid groups (broad SMARTS) is 1. The Hall–Kier alpha value is -1.45. The molecule has 0 bridgehead atoms. The Kier molecular flexibility index (Phi) is 3.88. The van der Waals surface area contributed by atoms with Crippen molar-refractivity contribution >= 4 is 16.0 Å². The second-order valence-electron chi connectivity index (χ2n) is 4.45. The monoisotopic (exact) mass is 289 g/mol. The molecule has 1 aliphatic heterocycles. The van der Waals surface area contributed by atoms with Crippen LogP contribution < -0.4 is 0 Å². The van der Waals surface area contributed by atoms with Gasteiger partial charge < -0.3 is 10.2 Å². The number of nitrogens with one attached hydrogen (secondary N) is 1. The fourth-order valence-electron chi connectivity index (χ4n) is 2.08. The summed E-state index contributed by atoms with van der Waals surface area (Å²) in [6.45, 7) is 0.579. The number of rotatable bonds is 4. The fraction of sp³-hybridized carbons (Fsp3) is 0.600. The number of nitrogens with zero attached hydrogens (tertiary/aromatic N) is 2. The summed E-state index contributed by atoms with van der Waals surface area (Å²) in [5.41, 5.74) is -0.357. The summed E-state index contributed by atoms with van der Waals surface area (Å²) in [6.07, 6.45) is 2.11. The van der Waals surface area contributed by atoms with Gasteiger partial charge in [-0.25, -0.2) is 13.2 Å². The van der Waals surface area contributed by atoms with Crippen LogP contribution in [0.1, 0.15) is 23.2 Å². The van der Waals surface area contributed by atoms with E-state index in [1.807, 2.05) is 0 Å². The number of H-pyrrole nitrogens is 1. The van der Waals surface area contributed by atoms with Gasteiger partial charge in [0.15, 0.2) is 5.03 Å². The van der Waals surface area contributed by atoms with Crippen LogP contribution in [0.4, 0.5) is 0 Å². The lowest BCUT2D eigenvalue weighted by Crippen LogP contribution is -2.39. The predicted molar refractivity (Wildman–Crippen MR) is 64.1 cm³/mol. The van der Waals surface area contributed by atoms with Crippen LogP contribution in [0.15, 0.2) is 11.2 Å². The molecule has 9 heteroatoms. The standard InChI is InChI=1S/C10H15N3O5S/c14-6-7-1-3-13(4-2-7)19(17,18)9-8(10(15)16)5-11-12-9/h5,7,14H,1-4,6H2,(H,11,12)(H,15,16). The first-order valence-corrected chi connectivity index (χ1v) is 7.28. The third-order valence-corrected chi connectivity index (χ3v) is 5.14. The summed E-state index contributed by atoms with van der Waals surface area (Å²) in [5, 5.41) is 23.3. The number of carbonyl (C=O) groups is 1. The molecule has 3 N–H and O–H groups in total. The molecule has 0 spiro atoms. The minimum absolute atomic E-state index is 0.0400. The molecule has 1 aromatic rings. The molecule has 2 heterocycles. The topological polar surface area (TPSA) is 124 Å². The van der Waals surface area contributed by atoms with E-state index in [0.717, 1.165) is 6.20 Å². The first kappa shape index (κ1) is 14.0. The fourth-order valence-corrected chi connectivity index (χ4v) is 3.62. The maximum atomic E-state index is 12.3. The van der Waals surface area contributed by atoms with E-state index in [1.165, 1.54) is 4.31 Å². The number of hydrogen-bond acceptors (Lipinski definition) is 5. The van der Waals surface area contributed by atoms with E-state index in [-0.39, 0.29) is 36.2 Å². The van der Waals surface area contributed by atoms with Crippen molar-refractivity contribution in [2.75, 3.05) is 19.7 Å². The van der Waals surface area contributed by atoms with Crippen LogP contribution >= 0.6 is 0 Å². The van der Waals surface area contributed by atoms with Gasteiger partial charge >= 0.3 is 5.97 Å². The van der Waals surface area contributed by atoms with Gasteiger partial charge in [-0.05, 0) is 18.8 Å². The van der Waals surface area contributed by atoms with Gasteiger partial charge in [0.1, 0.15) is 5.56 Å². The molecule has 1 aliphatic rings. The maximum absolute atomic E-state index is 12.3. The second-order valence-corrected chi connectivity index (χ2v) is 6.32. The maximum Gasteiger partial charge on any atom is 0.340 e. The van der Waals surface area contributed by atoms with Crippen LogP contribution in [0.25, 0.3) is 0 Å². The number of aliphatic hydroxyl groups excluding tert-OH is 1. The van der Waals surface area contributed by atoms with Crippen molar-refractivity contribution in [3.05, 3.63) is 11.8 Å². The number of piperidine rings is 1. The number of hydrogen-bond donors (Lipinski definition) is 3. The Morgan fingerprint density at radius 2 is 2.11 bits per heavy atom. The molecule has 1 fully saturated rings. The van der Waals surface area contributed by atoms with E-state index in [4.69, 9.17) is 10.2 Å². The van der Waals surface area contributed by atoms with Gasteiger partial charge in [0.25, 0.3) is 10.0 Å². The summed E-state index contributed by atoms with van der Waals surface area (Å²) in [4.78, 5) is 10.9. The number of aromatic amines is 1. The van der Waals surface area contributed by atoms with Crippen LogP contribution in [0.2, 0.25) is 0 Å². The number of sulfonamides is 1. The molecule has 8 nitrogen and oxygen atoms in total. The van der Waals surface area contributed by atoms with E-state index in [0.29, 0.717) is 12.8 Å². The average Bonchev–Trinajstić information content (AvgIpc) is 2.89. The number of aromatic nitrogens is 2. The summed E-state index contributed by atoms with van der Waals surface area (Å²) in [6, 6.07) is 0. The highest BCUT2D eigenvalue weighted by Crippen LogP contribution is 2.24. The summed E-state index contributed by atoms with van der Waals surface area (Å²) in [7, 11) is -3.87. The highest BCUT2D eigenvalue weighted by Gasteiger charge is 2.33. The minimum Gasteiger partial charge on any atom is -0.478 e. The van der Waals surface area contributed by atoms with E-state index >= 15 is 0 Å². The van der Waals surface area contributed by atoms with Gasteiger partial charge in [-0.2, -0.15) is 9.40 Å². The first-order valence-electron chi connectivity index (χ1n) is 5.84. The third kappa shape index (κ3) is 2.62. The second kappa shape index (κ2) is 5.27. The zero-order valence-corrected chi connectivity index (χ0v) is 10.9. The van der Waals surface area contributed by atoms with Gasteiger partial charge in [0.2, 0.25) is 0 Å². The molecule has 1 aromatic heterocycles. The molecule has 0 aromatic carbocycles. The van der Waals surface area contributed by atoms with Crippen LogP contribution in [-0.4, -0.2) is 58.8 Å². The summed E-state index contributed by atoms with van der Waals surface area (Å²) in [5.74, 6) is -1.23. The minimum atomic E-state index is -3.87. The van der Waals surface area contributed by atoms with Gasteiger partial charge in [-0.15, -0.1) is 0 Å². The van der Waals surface area contributed by atoms with Crippen molar-refractivity contribution in [1.82, 2.24) is 14.5 Å². The molecule has 0 aliphatic carbocycles. The molecular formula is C10H15N3O5S. The lowest BCUT2D eigenvalue weighted by Gasteiger charge is -2.29. The molecule has 19 heavy (non-hydrogen) atoms. The quantitative estimate of drug-likeness (QED) is 0.686. The van der Waals surface area contributed by atoms with E-state index in [9.17, 15) is 13.2 Å². The van der Waals surface area contributed by atoms with Gasteiger partial charge in [-0.1, -0.05) is 0 Å². The van der Waals surface area contributed by atoms with Crippen LogP contribution in [0, 0.1) is 5.92 Å². The highest BCUT2D eigenvalue weighted by molar-refractivity contribution is 7.89. The molecule has 0 saturated carbocycles. The normalized spacial score (nSPS) is 18.6. The molecular weight excluding hydrogens is 274 g/mol. The van der Waals surface area contributed by atoms with Crippen molar-refractivity contribution in [2.45, 2.75) is 17.9 Å². The Morgan fingerprint density at radius 1 is 1.47 bits per heavy atom. The van der Waals surface area contributed by atoms with E-state index in [1.54, 1.807) is 0 Å². The molecule has 0 amide bonds. The van der Waals surface area contributed by atoms with Crippen LogP contribution in [0.3, 0.4) is 0 Å². The van der Waals surface area contributed by atoms with Crippen molar-refractivity contribution in [3.63, 3.8) is 0 Å². The Balaban J connectivity index is 2.23. The van der Waals surface area contributed by atoms with Gasteiger partial charge in [-0.3, -0.25) is 5.10 Å². The Labute approximate surface area is 110 Å². The molecule has 0 unspecified atom stereocenters. The molecule has 2 rings (SSSR count). The number of aromatic carboxylic acids is 1. The molecule has 0 atom stereocenters. The van der Waals surface area contributed by atoms with Gasteiger partial charge in [0, 0.05) is 19.7 Å². The largest absolute Gasteiger partial charge is 0.478 e. The van der Waals surface area contributed by atoms with E-state index in [2.05, 4.69) is 10.2 Å². The highest BCUT2D eigenvalue weighted by atomic mass is 32.2. The van der Waals surface area contributed by atoms with Crippen molar-refractivity contribution in [3.8, 4) is 0 Å². The Bertz CT molecular complexity index is 559. The lowest BCUT2D eigenvalue weighted by atomic mass is 10.00. The van der Waals surface area contributed by atoms with E-state index < -0.39 is 16.0 Å². The van der Waals surface area contributed by atoms with Crippen molar-refractivity contribution < 1.29 is 23.4 Å². The van der Waals surface area contributed by atoms with Crippen LogP contribution in [-0.2, 0) is 10.0 Å². The third-order valence-electron chi connectivity index (χ3n) is 3.26. The smallest absolute Gasteiger partial charge is 0.340 e. The SMILES string of the molecule is O=C(O)c1cn[nH]c1S(=O)(=O)N1CCC(CO)CC1. The summed E-state index contributed by atoms with van der Waals surface area (Å²) < 4.78 is 25.8. The lowest BCUT2D eigenvalue weighted by molar-refractivity contribution is 0.0692. The zero-order valence-electron chi connectivity index (χ0n) is 10.1. The predicted octanol–water partition coefficient (Wildman–Crippen LogP) is -0.499. The summed E-state index contributed by atoms with van der Waals surface area (Å²) >= 11 is 0.